The van der Waals surface area contributed by atoms with Crippen molar-refractivity contribution in [2.75, 3.05) is 6.54 Å². The smallest absolute Gasteiger partial charge is 0.0704 e. The third-order valence-electron chi connectivity index (χ3n) is 3.91. The number of fused-ring (bicyclic) bond motifs is 1. The summed E-state index contributed by atoms with van der Waals surface area (Å²) in [4.78, 5) is 4.43. The lowest BCUT2D eigenvalue weighted by Crippen LogP contribution is -2.29. The summed E-state index contributed by atoms with van der Waals surface area (Å²) >= 11 is 0. The molecular weight excluding hydrogens is 244 g/mol. The lowest BCUT2D eigenvalue weighted by Gasteiger charge is -2.16. The Morgan fingerprint density at radius 2 is 2.00 bits per heavy atom. The van der Waals surface area contributed by atoms with E-state index in [2.05, 4.69) is 54.5 Å². The SMILES string of the molecule is CCCNC(CC)CCCc1ccnc2ccccc12. The molecule has 0 bridgehead atoms. The van der Waals surface area contributed by atoms with E-state index in [4.69, 9.17) is 0 Å². The summed E-state index contributed by atoms with van der Waals surface area (Å²) < 4.78 is 0. The molecule has 0 aliphatic heterocycles. The minimum atomic E-state index is 0.669. The quantitative estimate of drug-likeness (QED) is 0.772. The summed E-state index contributed by atoms with van der Waals surface area (Å²) in [6.07, 6.45) is 8.01. The van der Waals surface area contributed by atoms with Crippen LogP contribution < -0.4 is 5.32 Å². The van der Waals surface area contributed by atoms with Crippen molar-refractivity contribution in [2.45, 2.75) is 52.0 Å². The summed E-state index contributed by atoms with van der Waals surface area (Å²) in [6, 6.07) is 11.3. The zero-order chi connectivity index (χ0) is 14.2. The number of nitrogens with zero attached hydrogens (tertiary/aromatic N) is 1. The second-order valence-electron chi connectivity index (χ2n) is 5.44. The predicted molar refractivity (Wildman–Crippen MR) is 87.1 cm³/mol. The highest BCUT2D eigenvalue weighted by Gasteiger charge is 2.06. The minimum absolute atomic E-state index is 0.669. The molecule has 0 spiro atoms. The molecule has 0 aliphatic rings. The lowest BCUT2D eigenvalue weighted by molar-refractivity contribution is 0.456. The molecule has 2 heteroatoms. The van der Waals surface area contributed by atoms with Gasteiger partial charge in [0.1, 0.15) is 0 Å². The molecule has 0 fully saturated rings. The zero-order valence-electron chi connectivity index (χ0n) is 12.7. The lowest BCUT2D eigenvalue weighted by atomic mass is 10.0. The van der Waals surface area contributed by atoms with Gasteiger partial charge in [-0.2, -0.15) is 0 Å². The molecule has 1 aromatic carbocycles. The Hall–Kier alpha value is -1.41. The number of para-hydroxylation sites is 1. The highest BCUT2D eigenvalue weighted by molar-refractivity contribution is 5.81. The van der Waals surface area contributed by atoms with Crippen molar-refractivity contribution in [2.24, 2.45) is 0 Å². The molecule has 2 rings (SSSR count). The minimum Gasteiger partial charge on any atom is -0.314 e. The highest BCUT2D eigenvalue weighted by atomic mass is 14.9. The van der Waals surface area contributed by atoms with E-state index in [1.165, 1.54) is 36.6 Å². The van der Waals surface area contributed by atoms with Gasteiger partial charge in [-0.1, -0.05) is 32.0 Å². The summed E-state index contributed by atoms with van der Waals surface area (Å²) in [5.74, 6) is 0. The molecule has 108 valence electrons. The fourth-order valence-electron chi connectivity index (χ4n) is 2.71. The standard InChI is InChI=1S/C18H26N2/c1-3-13-19-16(4-2)9-7-8-15-12-14-20-18-11-6-5-10-17(15)18/h5-6,10-12,14,16,19H,3-4,7-9,13H2,1-2H3. The van der Waals surface area contributed by atoms with Crippen LogP contribution in [0.3, 0.4) is 0 Å². The van der Waals surface area contributed by atoms with Crippen LogP contribution in [0.25, 0.3) is 10.9 Å². The second-order valence-corrected chi connectivity index (χ2v) is 5.44. The molecule has 20 heavy (non-hydrogen) atoms. The monoisotopic (exact) mass is 270 g/mol. The van der Waals surface area contributed by atoms with E-state index in [0.717, 1.165) is 18.5 Å². The van der Waals surface area contributed by atoms with Gasteiger partial charge in [0.15, 0.2) is 0 Å². The first-order valence-electron chi connectivity index (χ1n) is 7.91. The summed E-state index contributed by atoms with van der Waals surface area (Å²) in [5.41, 5.74) is 2.54. The van der Waals surface area contributed by atoms with E-state index in [0.29, 0.717) is 6.04 Å². The molecule has 1 aromatic heterocycles. The number of hydrogen-bond acceptors (Lipinski definition) is 2. The fraction of sp³-hybridized carbons (Fsp3) is 0.500. The van der Waals surface area contributed by atoms with Crippen LogP contribution in [-0.2, 0) is 6.42 Å². The van der Waals surface area contributed by atoms with E-state index in [1.54, 1.807) is 0 Å². The van der Waals surface area contributed by atoms with Gasteiger partial charge < -0.3 is 5.32 Å². The first kappa shape index (κ1) is 15.0. The van der Waals surface area contributed by atoms with Crippen LogP contribution in [0.1, 0.15) is 45.1 Å². The number of nitrogens with one attached hydrogen (secondary N) is 1. The van der Waals surface area contributed by atoms with Crippen LogP contribution in [0.2, 0.25) is 0 Å². The molecule has 0 radical (unpaired) electrons. The molecule has 2 aromatic rings. The van der Waals surface area contributed by atoms with Gasteiger partial charge in [-0.3, -0.25) is 4.98 Å². The van der Waals surface area contributed by atoms with Crippen molar-refractivity contribution in [3.05, 3.63) is 42.1 Å². The van der Waals surface area contributed by atoms with Crippen molar-refractivity contribution in [3.8, 4) is 0 Å². The predicted octanol–water partition coefficient (Wildman–Crippen LogP) is 4.34. The average Bonchev–Trinajstić information content (AvgIpc) is 2.51. The Kier molecular flexibility index (Phi) is 6.00. The maximum atomic E-state index is 4.43. The van der Waals surface area contributed by atoms with Crippen molar-refractivity contribution < 1.29 is 0 Å². The number of benzene rings is 1. The Balaban J connectivity index is 1.92. The third kappa shape index (κ3) is 4.04. The van der Waals surface area contributed by atoms with Crippen molar-refractivity contribution in [3.63, 3.8) is 0 Å². The Morgan fingerprint density at radius 1 is 1.15 bits per heavy atom. The Bertz CT molecular complexity index is 516. The average molecular weight is 270 g/mol. The van der Waals surface area contributed by atoms with E-state index in [-0.39, 0.29) is 0 Å². The van der Waals surface area contributed by atoms with Gasteiger partial charge in [0.25, 0.3) is 0 Å². The van der Waals surface area contributed by atoms with E-state index in [9.17, 15) is 0 Å². The summed E-state index contributed by atoms with van der Waals surface area (Å²) in [7, 11) is 0. The maximum Gasteiger partial charge on any atom is 0.0704 e. The van der Waals surface area contributed by atoms with Gasteiger partial charge in [0, 0.05) is 17.6 Å². The van der Waals surface area contributed by atoms with Crippen LogP contribution in [-0.4, -0.2) is 17.6 Å². The normalized spacial score (nSPS) is 12.7. The molecule has 0 amide bonds. The van der Waals surface area contributed by atoms with Gasteiger partial charge in [-0.25, -0.2) is 0 Å². The molecule has 0 saturated carbocycles. The van der Waals surface area contributed by atoms with E-state index < -0.39 is 0 Å². The van der Waals surface area contributed by atoms with Crippen molar-refractivity contribution in [1.29, 1.82) is 0 Å². The van der Waals surface area contributed by atoms with Crippen molar-refractivity contribution in [1.82, 2.24) is 10.3 Å². The molecule has 1 unspecified atom stereocenters. The number of aryl methyl sites for hydroxylation is 1. The second kappa shape index (κ2) is 8.01. The fourth-order valence-corrected chi connectivity index (χ4v) is 2.71. The van der Waals surface area contributed by atoms with Crippen LogP contribution >= 0.6 is 0 Å². The van der Waals surface area contributed by atoms with E-state index >= 15 is 0 Å². The molecule has 1 atom stereocenters. The molecule has 1 N–H and O–H groups in total. The van der Waals surface area contributed by atoms with Crippen LogP contribution in [0.15, 0.2) is 36.5 Å². The van der Waals surface area contributed by atoms with Crippen LogP contribution in [0.5, 0.6) is 0 Å². The highest BCUT2D eigenvalue weighted by Crippen LogP contribution is 2.18. The molecule has 2 nitrogen and oxygen atoms in total. The molecule has 0 aliphatic carbocycles. The summed E-state index contributed by atoms with van der Waals surface area (Å²) in [6.45, 7) is 5.63. The molecule has 1 heterocycles. The topological polar surface area (TPSA) is 24.9 Å². The number of rotatable bonds is 8. The number of pyridine rings is 1. The van der Waals surface area contributed by atoms with Gasteiger partial charge in [-0.05, 0) is 56.3 Å². The number of hydrogen-bond donors (Lipinski definition) is 1. The van der Waals surface area contributed by atoms with Gasteiger partial charge >= 0.3 is 0 Å². The Labute approximate surface area is 122 Å². The molecule has 0 saturated heterocycles. The van der Waals surface area contributed by atoms with E-state index in [1.807, 2.05) is 6.20 Å². The van der Waals surface area contributed by atoms with Gasteiger partial charge in [0.05, 0.1) is 5.52 Å². The summed E-state index contributed by atoms with van der Waals surface area (Å²) in [5, 5.41) is 4.94. The molecular formula is C18H26N2. The largest absolute Gasteiger partial charge is 0.314 e. The van der Waals surface area contributed by atoms with Crippen LogP contribution in [0, 0.1) is 0 Å². The van der Waals surface area contributed by atoms with Gasteiger partial charge in [-0.15, -0.1) is 0 Å². The maximum absolute atomic E-state index is 4.43. The first-order chi connectivity index (χ1) is 9.85. The van der Waals surface area contributed by atoms with Crippen LogP contribution in [0.4, 0.5) is 0 Å². The number of aromatic nitrogens is 1. The first-order valence-corrected chi connectivity index (χ1v) is 7.91. The van der Waals surface area contributed by atoms with Gasteiger partial charge in [0.2, 0.25) is 0 Å². The third-order valence-corrected chi connectivity index (χ3v) is 3.91. The zero-order valence-corrected chi connectivity index (χ0v) is 12.7. The van der Waals surface area contributed by atoms with Crippen molar-refractivity contribution >= 4 is 10.9 Å². The Morgan fingerprint density at radius 3 is 2.80 bits per heavy atom.